The lowest BCUT2D eigenvalue weighted by Crippen LogP contribution is -2.51. The number of likely N-dealkylation sites (N-methyl/N-ethyl adjacent to an activating group) is 1. The fourth-order valence-electron chi connectivity index (χ4n) is 3.18. The van der Waals surface area contributed by atoms with Crippen LogP contribution in [0.25, 0.3) is 0 Å². The SMILES string of the molecule is CNC1CCCN(C(=O)C2CCN(C(=O)C(F)(F)F)CC2)C1. The number of amides is 2. The molecule has 0 saturated carbocycles. The van der Waals surface area contributed by atoms with Crippen molar-refractivity contribution in [3.05, 3.63) is 0 Å². The van der Waals surface area contributed by atoms with Crippen molar-refractivity contribution in [3.63, 3.8) is 0 Å². The van der Waals surface area contributed by atoms with Gasteiger partial charge in [0.15, 0.2) is 0 Å². The number of halogens is 3. The Balaban J connectivity index is 1.86. The first-order chi connectivity index (χ1) is 10.3. The molecule has 0 bridgehead atoms. The van der Waals surface area contributed by atoms with Crippen LogP contribution in [0.4, 0.5) is 13.2 Å². The van der Waals surface area contributed by atoms with Crippen LogP contribution in [0.1, 0.15) is 25.7 Å². The Kier molecular flexibility index (Phi) is 5.31. The molecule has 5 nitrogen and oxygen atoms in total. The van der Waals surface area contributed by atoms with E-state index in [4.69, 9.17) is 0 Å². The zero-order chi connectivity index (χ0) is 16.3. The molecule has 8 heteroatoms. The number of hydrogen-bond acceptors (Lipinski definition) is 3. The summed E-state index contributed by atoms with van der Waals surface area (Å²) < 4.78 is 37.2. The summed E-state index contributed by atoms with van der Waals surface area (Å²) in [6.07, 6.45) is -2.26. The predicted molar refractivity (Wildman–Crippen MR) is 74.0 cm³/mol. The van der Waals surface area contributed by atoms with Crippen LogP contribution in [-0.2, 0) is 9.59 Å². The lowest BCUT2D eigenvalue weighted by Gasteiger charge is -2.37. The maximum atomic E-state index is 12.5. The maximum absolute atomic E-state index is 12.5. The lowest BCUT2D eigenvalue weighted by atomic mass is 9.93. The number of hydrogen-bond donors (Lipinski definition) is 1. The van der Waals surface area contributed by atoms with Gasteiger partial charge >= 0.3 is 12.1 Å². The van der Waals surface area contributed by atoms with Gasteiger partial charge < -0.3 is 15.1 Å². The first-order valence-electron chi connectivity index (χ1n) is 7.65. The van der Waals surface area contributed by atoms with Crippen LogP contribution in [0.2, 0.25) is 0 Å². The zero-order valence-corrected chi connectivity index (χ0v) is 12.7. The van der Waals surface area contributed by atoms with Crippen molar-refractivity contribution >= 4 is 11.8 Å². The molecule has 126 valence electrons. The molecule has 1 atom stereocenters. The number of nitrogens with one attached hydrogen (secondary N) is 1. The number of carbonyl (C=O) groups excluding carboxylic acids is 2. The minimum atomic E-state index is -4.83. The van der Waals surface area contributed by atoms with Crippen LogP contribution >= 0.6 is 0 Å². The second kappa shape index (κ2) is 6.85. The molecule has 0 aromatic heterocycles. The molecule has 2 rings (SSSR count). The van der Waals surface area contributed by atoms with E-state index in [2.05, 4.69) is 5.32 Å². The van der Waals surface area contributed by atoms with Gasteiger partial charge in [-0.15, -0.1) is 0 Å². The second-order valence-electron chi connectivity index (χ2n) is 5.98. The van der Waals surface area contributed by atoms with E-state index >= 15 is 0 Å². The molecular formula is C14H22F3N3O2. The summed E-state index contributed by atoms with van der Waals surface area (Å²) in [5.41, 5.74) is 0. The number of alkyl halides is 3. The topological polar surface area (TPSA) is 52.7 Å². The van der Waals surface area contributed by atoms with Gasteiger partial charge in [0.1, 0.15) is 0 Å². The van der Waals surface area contributed by atoms with Crippen LogP contribution < -0.4 is 5.32 Å². The van der Waals surface area contributed by atoms with Crippen LogP contribution in [0.3, 0.4) is 0 Å². The summed E-state index contributed by atoms with van der Waals surface area (Å²) >= 11 is 0. The number of piperidine rings is 2. The largest absolute Gasteiger partial charge is 0.471 e. The molecule has 2 amide bonds. The summed E-state index contributed by atoms with van der Waals surface area (Å²) in [5.74, 6) is -2.06. The van der Waals surface area contributed by atoms with E-state index < -0.39 is 12.1 Å². The predicted octanol–water partition coefficient (Wildman–Crippen LogP) is 0.998. The van der Waals surface area contributed by atoms with E-state index in [9.17, 15) is 22.8 Å². The van der Waals surface area contributed by atoms with Gasteiger partial charge in [-0.1, -0.05) is 0 Å². The fourth-order valence-corrected chi connectivity index (χ4v) is 3.18. The number of carbonyl (C=O) groups is 2. The zero-order valence-electron chi connectivity index (χ0n) is 12.7. The molecule has 0 aromatic carbocycles. The van der Waals surface area contributed by atoms with E-state index in [1.165, 1.54) is 0 Å². The average Bonchev–Trinajstić information content (AvgIpc) is 2.53. The normalized spacial score (nSPS) is 24.5. The molecule has 0 spiro atoms. The third-order valence-electron chi connectivity index (χ3n) is 4.52. The Hall–Kier alpha value is -1.31. The smallest absolute Gasteiger partial charge is 0.341 e. The Morgan fingerprint density at radius 3 is 2.23 bits per heavy atom. The monoisotopic (exact) mass is 321 g/mol. The molecule has 2 saturated heterocycles. The third-order valence-corrected chi connectivity index (χ3v) is 4.52. The Labute approximate surface area is 127 Å². The van der Waals surface area contributed by atoms with Gasteiger partial charge in [-0.05, 0) is 32.7 Å². The van der Waals surface area contributed by atoms with Crippen LogP contribution in [0.15, 0.2) is 0 Å². The first kappa shape index (κ1) is 17.1. The van der Waals surface area contributed by atoms with Crippen LogP contribution in [0.5, 0.6) is 0 Å². The highest BCUT2D eigenvalue weighted by molar-refractivity contribution is 5.83. The van der Waals surface area contributed by atoms with Gasteiger partial charge in [-0.3, -0.25) is 9.59 Å². The Morgan fingerprint density at radius 2 is 1.68 bits per heavy atom. The molecule has 2 heterocycles. The Morgan fingerprint density at radius 1 is 1.05 bits per heavy atom. The molecular weight excluding hydrogens is 299 g/mol. The molecule has 1 unspecified atom stereocenters. The lowest BCUT2D eigenvalue weighted by molar-refractivity contribution is -0.187. The molecule has 0 aliphatic carbocycles. The fraction of sp³-hybridized carbons (Fsp3) is 0.857. The molecule has 1 N–H and O–H groups in total. The van der Waals surface area contributed by atoms with Crippen LogP contribution in [0, 0.1) is 5.92 Å². The maximum Gasteiger partial charge on any atom is 0.471 e. The number of likely N-dealkylation sites (tertiary alicyclic amines) is 2. The van der Waals surface area contributed by atoms with Gasteiger partial charge in [0.05, 0.1) is 0 Å². The number of nitrogens with zero attached hydrogens (tertiary/aromatic N) is 2. The van der Waals surface area contributed by atoms with Crippen molar-refractivity contribution in [2.75, 3.05) is 33.2 Å². The highest BCUT2D eigenvalue weighted by Crippen LogP contribution is 2.25. The van der Waals surface area contributed by atoms with Crippen molar-refractivity contribution < 1.29 is 22.8 Å². The van der Waals surface area contributed by atoms with E-state index in [1.54, 1.807) is 4.90 Å². The summed E-state index contributed by atoms with van der Waals surface area (Å²) in [6.45, 7) is 1.35. The molecule has 2 aliphatic heterocycles. The summed E-state index contributed by atoms with van der Waals surface area (Å²) in [4.78, 5) is 26.2. The van der Waals surface area contributed by atoms with Crippen molar-refractivity contribution in [2.24, 2.45) is 5.92 Å². The van der Waals surface area contributed by atoms with Crippen molar-refractivity contribution in [2.45, 2.75) is 37.9 Å². The highest BCUT2D eigenvalue weighted by atomic mass is 19.4. The minimum Gasteiger partial charge on any atom is -0.341 e. The Bertz CT molecular complexity index is 420. The number of rotatable bonds is 2. The van der Waals surface area contributed by atoms with Gasteiger partial charge in [0.2, 0.25) is 5.91 Å². The van der Waals surface area contributed by atoms with Crippen molar-refractivity contribution in [1.82, 2.24) is 15.1 Å². The van der Waals surface area contributed by atoms with E-state index in [0.29, 0.717) is 25.9 Å². The molecule has 0 radical (unpaired) electrons. The minimum absolute atomic E-state index is 0.00194. The molecule has 2 fully saturated rings. The van der Waals surface area contributed by atoms with Gasteiger partial charge in [-0.25, -0.2) is 0 Å². The van der Waals surface area contributed by atoms with Gasteiger partial charge in [-0.2, -0.15) is 13.2 Å². The van der Waals surface area contributed by atoms with E-state index in [1.807, 2.05) is 7.05 Å². The molecule has 2 aliphatic rings. The first-order valence-corrected chi connectivity index (χ1v) is 7.65. The quantitative estimate of drug-likeness (QED) is 0.825. The van der Waals surface area contributed by atoms with Crippen LogP contribution in [-0.4, -0.2) is 67.1 Å². The van der Waals surface area contributed by atoms with E-state index in [-0.39, 0.29) is 31.0 Å². The summed E-state index contributed by atoms with van der Waals surface area (Å²) in [6, 6.07) is 0.282. The van der Waals surface area contributed by atoms with Gasteiger partial charge in [0.25, 0.3) is 0 Å². The third kappa shape index (κ3) is 3.91. The van der Waals surface area contributed by atoms with Crippen molar-refractivity contribution in [3.8, 4) is 0 Å². The average molecular weight is 321 g/mol. The molecule has 0 aromatic rings. The second-order valence-corrected chi connectivity index (χ2v) is 5.98. The highest BCUT2D eigenvalue weighted by Gasteiger charge is 2.44. The van der Waals surface area contributed by atoms with Crippen molar-refractivity contribution in [1.29, 1.82) is 0 Å². The summed E-state index contributed by atoms with van der Waals surface area (Å²) in [7, 11) is 1.86. The van der Waals surface area contributed by atoms with Gasteiger partial charge in [0, 0.05) is 38.1 Å². The standard InChI is InChI=1S/C14H22F3N3O2/c1-18-11-3-2-6-20(9-11)12(21)10-4-7-19(8-5-10)13(22)14(15,16)17/h10-11,18H,2-9H2,1H3. The molecule has 22 heavy (non-hydrogen) atoms. The summed E-state index contributed by atoms with van der Waals surface area (Å²) in [5, 5.41) is 3.16. The van der Waals surface area contributed by atoms with E-state index in [0.717, 1.165) is 17.7 Å².